The van der Waals surface area contributed by atoms with Crippen LogP contribution in [0.5, 0.6) is 0 Å². The lowest BCUT2D eigenvalue weighted by molar-refractivity contribution is -0.150. The van der Waals surface area contributed by atoms with Crippen LogP contribution in [0.1, 0.15) is 38.3 Å². The molecule has 1 aromatic rings. The Labute approximate surface area is 180 Å². The standard InChI is InChI=1S/C22H28FN3O5/c1-3-30-20(27)15-8-6-10-26(12-15)13-17-18(21(28)31-4-2)19(25-22(29)24-17)14-7-5-9-16(23)11-14/h5,7,9,11,15,19H,3-4,6,8,10,12-13H2,1-2H3,(H2,24,25,29)/t15-,19-/m0/s1. The maximum absolute atomic E-state index is 13.8. The molecule has 0 unspecified atom stereocenters. The number of esters is 2. The molecule has 0 saturated carbocycles. The van der Waals surface area contributed by atoms with Gasteiger partial charge in [0.05, 0.1) is 30.7 Å². The van der Waals surface area contributed by atoms with Crippen molar-refractivity contribution in [2.75, 3.05) is 32.8 Å². The second-order valence-electron chi connectivity index (χ2n) is 7.53. The van der Waals surface area contributed by atoms with Crippen molar-refractivity contribution >= 4 is 18.0 Å². The molecule has 0 aromatic heterocycles. The van der Waals surface area contributed by atoms with E-state index in [1.54, 1.807) is 19.9 Å². The molecule has 9 heteroatoms. The van der Waals surface area contributed by atoms with Crippen molar-refractivity contribution in [1.29, 1.82) is 0 Å². The van der Waals surface area contributed by atoms with E-state index in [1.807, 2.05) is 4.90 Å². The summed E-state index contributed by atoms with van der Waals surface area (Å²) in [4.78, 5) is 39.4. The van der Waals surface area contributed by atoms with E-state index in [4.69, 9.17) is 9.47 Å². The quantitative estimate of drug-likeness (QED) is 0.641. The summed E-state index contributed by atoms with van der Waals surface area (Å²) in [6.07, 6.45) is 1.53. The molecule has 2 heterocycles. The van der Waals surface area contributed by atoms with Gasteiger partial charge in [-0.25, -0.2) is 14.0 Å². The summed E-state index contributed by atoms with van der Waals surface area (Å²) in [5.74, 6) is -1.54. The third-order valence-electron chi connectivity index (χ3n) is 5.34. The predicted molar refractivity (Wildman–Crippen MR) is 110 cm³/mol. The van der Waals surface area contributed by atoms with Crippen LogP contribution in [0.4, 0.5) is 9.18 Å². The summed E-state index contributed by atoms with van der Waals surface area (Å²) in [5.41, 5.74) is 1.06. The minimum atomic E-state index is -0.843. The molecule has 2 aliphatic heterocycles. The van der Waals surface area contributed by atoms with Crippen molar-refractivity contribution in [1.82, 2.24) is 15.5 Å². The topological polar surface area (TPSA) is 97.0 Å². The van der Waals surface area contributed by atoms with E-state index in [2.05, 4.69) is 10.6 Å². The van der Waals surface area contributed by atoms with E-state index in [0.717, 1.165) is 12.8 Å². The monoisotopic (exact) mass is 433 g/mol. The van der Waals surface area contributed by atoms with Crippen LogP contribution in [0, 0.1) is 11.7 Å². The number of carbonyl (C=O) groups is 3. The van der Waals surface area contributed by atoms with Gasteiger partial charge in [0.25, 0.3) is 0 Å². The van der Waals surface area contributed by atoms with Crippen LogP contribution in [0.25, 0.3) is 0 Å². The lowest BCUT2D eigenvalue weighted by atomic mass is 9.93. The molecule has 2 aliphatic rings. The van der Waals surface area contributed by atoms with Gasteiger partial charge in [-0.05, 0) is 50.9 Å². The van der Waals surface area contributed by atoms with E-state index in [-0.39, 0.29) is 30.6 Å². The molecule has 2 amide bonds. The first kappa shape index (κ1) is 22.7. The smallest absolute Gasteiger partial charge is 0.338 e. The fraction of sp³-hybridized carbons (Fsp3) is 0.500. The number of piperidine rings is 1. The summed E-state index contributed by atoms with van der Waals surface area (Å²) in [5, 5.41) is 5.41. The highest BCUT2D eigenvalue weighted by atomic mass is 19.1. The van der Waals surface area contributed by atoms with E-state index in [9.17, 15) is 18.8 Å². The Morgan fingerprint density at radius 2 is 2.00 bits per heavy atom. The average Bonchev–Trinajstić information content (AvgIpc) is 2.74. The number of halogens is 1. The van der Waals surface area contributed by atoms with Crippen LogP contribution in [0.2, 0.25) is 0 Å². The highest BCUT2D eigenvalue weighted by Gasteiger charge is 2.35. The highest BCUT2D eigenvalue weighted by Crippen LogP contribution is 2.29. The Kier molecular flexibility index (Phi) is 7.62. The number of amides is 2. The summed E-state index contributed by atoms with van der Waals surface area (Å²) < 4.78 is 24.2. The molecular formula is C22H28FN3O5. The summed E-state index contributed by atoms with van der Waals surface area (Å²) in [6, 6.07) is 4.42. The number of benzene rings is 1. The molecular weight excluding hydrogens is 405 g/mol. The van der Waals surface area contributed by atoms with E-state index < -0.39 is 23.9 Å². The van der Waals surface area contributed by atoms with Crippen LogP contribution >= 0.6 is 0 Å². The van der Waals surface area contributed by atoms with Crippen LogP contribution in [-0.2, 0) is 19.1 Å². The molecule has 0 bridgehead atoms. The Bertz CT molecular complexity index is 872. The molecule has 168 valence electrons. The first-order chi connectivity index (χ1) is 14.9. The van der Waals surface area contributed by atoms with Crippen molar-refractivity contribution in [2.24, 2.45) is 5.92 Å². The zero-order chi connectivity index (χ0) is 22.4. The first-order valence-corrected chi connectivity index (χ1v) is 10.5. The van der Waals surface area contributed by atoms with E-state index in [0.29, 0.717) is 31.0 Å². The van der Waals surface area contributed by atoms with Crippen LogP contribution < -0.4 is 10.6 Å². The Morgan fingerprint density at radius 1 is 1.23 bits per heavy atom. The number of likely N-dealkylation sites (tertiary alicyclic amines) is 1. The Balaban J connectivity index is 1.91. The SMILES string of the molecule is CCOC(=O)C1=C(CN2CCC[C@H](C(=O)OCC)C2)NC(=O)N[C@H]1c1cccc(F)c1. The Morgan fingerprint density at radius 3 is 2.71 bits per heavy atom. The van der Waals surface area contributed by atoms with Crippen LogP contribution in [0.3, 0.4) is 0 Å². The molecule has 1 saturated heterocycles. The van der Waals surface area contributed by atoms with Gasteiger partial charge >= 0.3 is 18.0 Å². The number of hydrogen-bond donors (Lipinski definition) is 2. The number of rotatable bonds is 7. The predicted octanol–water partition coefficient (Wildman–Crippen LogP) is 2.27. The number of nitrogens with one attached hydrogen (secondary N) is 2. The molecule has 2 atom stereocenters. The van der Waals surface area contributed by atoms with Crippen molar-refractivity contribution in [3.05, 3.63) is 46.9 Å². The number of hydrogen-bond acceptors (Lipinski definition) is 6. The number of ether oxygens (including phenoxy) is 2. The summed E-state index contributed by atoms with van der Waals surface area (Å²) in [6.45, 7) is 5.38. The maximum atomic E-state index is 13.8. The minimum Gasteiger partial charge on any atom is -0.466 e. The number of nitrogens with zero attached hydrogens (tertiary/aromatic N) is 1. The van der Waals surface area contributed by atoms with Gasteiger partial charge in [0.15, 0.2) is 0 Å². The minimum absolute atomic E-state index is 0.161. The Hall–Kier alpha value is -2.94. The van der Waals surface area contributed by atoms with Crippen LogP contribution in [0.15, 0.2) is 35.5 Å². The summed E-state index contributed by atoms with van der Waals surface area (Å²) in [7, 11) is 0. The third kappa shape index (κ3) is 5.61. The van der Waals surface area contributed by atoms with Gasteiger partial charge in [-0.15, -0.1) is 0 Å². The second-order valence-corrected chi connectivity index (χ2v) is 7.53. The van der Waals surface area contributed by atoms with Crippen LogP contribution in [-0.4, -0.2) is 55.7 Å². The molecule has 0 aliphatic carbocycles. The van der Waals surface area contributed by atoms with Crippen molar-refractivity contribution < 1.29 is 28.2 Å². The zero-order valence-electron chi connectivity index (χ0n) is 17.8. The normalized spacial score (nSPS) is 21.8. The van der Waals surface area contributed by atoms with E-state index in [1.165, 1.54) is 18.2 Å². The molecule has 3 rings (SSSR count). The maximum Gasteiger partial charge on any atom is 0.338 e. The van der Waals surface area contributed by atoms with Gasteiger partial charge in [-0.3, -0.25) is 9.69 Å². The fourth-order valence-corrected chi connectivity index (χ4v) is 4.00. The van der Waals surface area contributed by atoms with Gasteiger partial charge in [0.2, 0.25) is 0 Å². The highest BCUT2D eigenvalue weighted by molar-refractivity contribution is 5.95. The fourth-order valence-electron chi connectivity index (χ4n) is 4.00. The van der Waals surface area contributed by atoms with Gasteiger partial charge in [0.1, 0.15) is 5.82 Å². The van der Waals surface area contributed by atoms with E-state index >= 15 is 0 Å². The third-order valence-corrected chi connectivity index (χ3v) is 5.34. The zero-order valence-corrected chi connectivity index (χ0v) is 17.8. The lowest BCUT2D eigenvalue weighted by Crippen LogP contribution is -2.50. The molecule has 1 aromatic carbocycles. The van der Waals surface area contributed by atoms with Gasteiger partial charge < -0.3 is 20.1 Å². The van der Waals surface area contributed by atoms with Crippen molar-refractivity contribution in [3.63, 3.8) is 0 Å². The molecule has 0 radical (unpaired) electrons. The summed E-state index contributed by atoms with van der Waals surface area (Å²) >= 11 is 0. The van der Waals surface area contributed by atoms with Gasteiger partial charge in [-0.1, -0.05) is 12.1 Å². The largest absolute Gasteiger partial charge is 0.466 e. The van der Waals surface area contributed by atoms with Gasteiger partial charge in [0, 0.05) is 18.8 Å². The molecule has 8 nitrogen and oxygen atoms in total. The lowest BCUT2D eigenvalue weighted by Gasteiger charge is -2.35. The first-order valence-electron chi connectivity index (χ1n) is 10.5. The molecule has 2 N–H and O–H groups in total. The van der Waals surface area contributed by atoms with Gasteiger partial charge in [-0.2, -0.15) is 0 Å². The number of carbonyl (C=O) groups excluding carboxylic acids is 3. The van der Waals surface area contributed by atoms with Crippen molar-refractivity contribution in [3.8, 4) is 0 Å². The molecule has 0 spiro atoms. The van der Waals surface area contributed by atoms with Crippen molar-refractivity contribution in [2.45, 2.75) is 32.7 Å². The number of urea groups is 1. The average molecular weight is 433 g/mol. The molecule has 1 fully saturated rings. The second kappa shape index (κ2) is 10.4. The molecule has 31 heavy (non-hydrogen) atoms.